The molecule has 3 aromatic heterocycles. The minimum atomic E-state index is -0.111. The zero-order valence-electron chi connectivity index (χ0n) is 33.1. The molecule has 6 heteroatoms. The van der Waals surface area contributed by atoms with Crippen molar-refractivity contribution in [2.45, 2.75) is 26.2 Å². The maximum absolute atomic E-state index is 6.63. The van der Waals surface area contributed by atoms with Gasteiger partial charge in [-0.2, -0.15) is 4.98 Å². The first-order chi connectivity index (χ1) is 28.9. The van der Waals surface area contributed by atoms with Crippen molar-refractivity contribution in [2.24, 2.45) is 0 Å². The van der Waals surface area contributed by atoms with Crippen LogP contribution in [0.5, 0.6) is 11.5 Å². The number of pyridine rings is 1. The molecule has 0 spiro atoms. The summed E-state index contributed by atoms with van der Waals surface area (Å²) in [5, 5.41) is 10.8. The second-order valence-corrected chi connectivity index (χ2v) is 15.8. The Balaban J connectivity index is 0.987. The molecule has 2 N–H and O–H groups in total. The molecule has 0 aliphatic carbocycles. The summed E-state index contributed by atoms with van der Waals surface area (Å²) >= 11 is 0. The number of rotatable bonds is 9. The monoisotopic (exact) mass is 766 g/mol. The van der Waals surface area contributed by atoms with Crippen molar-refractivity contribution in [3.63, 3.8) is 0 Å². The molecule has 10 rings (SSSR count). The quantitative estimate of drug-likeness (QED) is 0.153. The predicted octanol–water partition coefficient (Wildman–Crippen LogP) is 14.8. The minimum Gasteiger partial charge on any atom is -0.457 e. The molecule has 0 radical (unpaired) electrons. The second kappa shape index (κ2) is 14.7. The van der Waals surface area contributed by atoms with Gasteiger partial charge in [-0.1, -0.05) is 136 Å². The number of hydrogen-bond acceptors (Lipinski definition) is 5. The molecule has 7 aromatic carbocycles. The first kappa shape index (κ1) is 35.8. The van der Waals surface area contributed by atoms with Crippen LogP contribution in [-0.2, 0) is 5.41 Å². The van der Waals surface area contributed by atoms with Crippen LogP contribution in [0.25, 0.3) is 61.0 Å². The number of fused-ring (bicyclic) bond motifs is 4. The summed E-state index contributed by atoms with van der Waals surface area (Å²) in [4.78, 5) is 5.03. The number of hydrogen-bond donors (Lipinski definition) is 2. The smallest absolute Gasteiger partial charge is 0.228 e. The van der Waals surface area contributed by atoms with E-state index in [1.807, 2.05) is 36.4 Å². The maximum Gasteiger partial charge on any atom is 0.228 e. The lowest BCUT2D eigenvalue weighted by atomic mass is 9.85. The van der Waals surface area contributed by atoms with E-state index in [1.165, 1.54) is 5.56 Å². The third kappa shape index (κ3) is 6.85. The van der Waals surface area contributed by atoms with E-state index < -0.39 is 0 Å². The van der Waals surface area contributed by atoms with Crippen LogP contribution in [0.1, 0.15) is 26.3 Å². The molecule has 3 heterocycles. The fourth-order valence-corrected chi connectivity index (χ4v) is 8.10. The lowest BCUT2D eigenvalue weighted by Gasteiger charge is -2.21. The molecule has 0 saturated carbocycles. The molecule has 0 atom stereocenters. The highest BCUT2D eigenvalue weighted by atomic mass is 16.5. The van der Waals surface area contributed by atoms with Gasteiger partial charge in [0.05, 0.1) is 34.4 Å². The number of aromatic nitrogens is 2. The van der Waals surface area contributed by atoms with Gasteiger partial charge in [-0.15, -0.1) is 0 Å². The van der Waals surface area contributed by atoms with Gasteiger partial charge in [-0.05, 0) is 76.7 Å². The number of nitrogens with one attached hydrogen (secondary N) is 2. The van der Waals surface area contributed by atoms with Gasteiger partial charge in [0.25, 0.3) is 0 Å². The SMILES string of the molecule is CC(C)(C)c1cc(-n2c3ccccc3c3ccc(Oc4cccc(Nc5ccccc5Nc5c(-c6ccccc6)cccc5-c5ccccc5)c4)cc32)nc2occc12. The highest BCUT2D eigenvalue weighted by Gasteiger charge is 2.23. The third-order valence-corrected chi connectivity index (χ3v) is 10.9. The Labute approximate surface area is 343 Å². The molecule has 6 nitrogen and oxygen atoms in total. The average Bonchev–Trinajstić information content (AvgIpc) is 3.87. The average molecular weight is 767 g/mol. The second-order valence-electron chi connectivity index (χ2n) is 15.8. The van der Waals surface area contributed by atoms with Crippen molar-refractivity contribution in [1.29, 1.82) is 0 Å². The van der Waals surface area contributed by atoms with Crippen molar-refractivity contribution in [2.75, 3.05) is 10.6 Å². The zero-order valence-corrected chi connectivity index (χ0v) is 33.1. The summed E-state index contributed by atoms with van der Waals surface area (Å²) < 4.78 is 14.8. The topological polar surface area (TPSA) is 64.2 Å². The first-order valence-electron chi connectivity index (χ1n) is 19.9. The van der Waals surface area contributed by atoms with Crippen LogP contribution in [0.2, 0.25) is 0 Å². The van der Waals surface area contributed by atoms with Crippen LogP contribution < -0.4 is 15.4 Å². The normalized spacial score (nSPS) is 11.6. The van der Waals surface area contributed by atoms with E-state index in [1.54, 1.807) is 6.26 Å². The van der Waals surface area contributed by atoms with Gasteiger partial charge in [0.15, 0.2) is 0 Å². The van der Waals surface area contributed by atoms with E-state index in [9.17, 15) is 0 Å². The minimum absolute atomic E-state index is 0.111. The summed E-state index contributed by atoms with van der Waals surface area (Å²) in [5.41, 5.74) is 12.1. The van der Waals surface area contributed by atoms with Crippen molar-refractivity contribution in [3.8, 4) is 39.6 Å². The van der Waals surface area contributed by atoms with Crippen molar-refractivity contribution < 1.29 is 9.15 Å². The van der Waals surface area contributed by atoms with Crippen molar-refractivity contribution in [1.82, 2.24) is 9.55 Å². The van der Waals surface area contributed by atoms with E-state index in [0.717, 1.165) is 83.8 Å². The number of benzene rings is 7. The van der Waals surface area contributed by atoms with Gasteiger partial charge < -0.3 is 19.8 Å². The summed E-state index contributed by atoms with van der Waals surface area (Å²) in [6.45, 7) is 6.67. The maximum atomic E-state index is 6.63. The van der Waals surface area contributed by atoms with Crippen LogP contribution in [0.4, 0.5) is 22.7 Å². The molecule has 286 valence electrons. The van der Waals surface area contributed by atoms with Crippen molar-refractivity contribution in [3.05, 3.63) is 194 Å². The Morgan fingerprint density at radius 1 is 0.525 bits per heavy atom. The molecular weight excluding hydrogens is 725 g/mol. The van der Waals surface area contributed by atoms with E-state index in [4.69, 9.17) is 14.1 Å². The number of anilines is 4. The van der Waals surface area contributed by atoms with E-state index in [2.05, 4.69) is 182 Å². The Morgan fingerprint density at radius 2 is 1.15 bits per heavy atom. The Hall–Kier alpha value is -7.57. The molecular formula is C53H42N4O2. The molecule has 0 aliphatic rings. The molecule has 0 saturated heterocycles. The highest BCUT2D eigenvalue weighted by molar-refractivity contribution is 6.09. The van der Waals surface area contributed by atoms with E-state index in [-0.39, 0.29) is 5.41 Å². The fraction of sp³-hybridized carbons (Fsp3) is 0.0755. The Bertz CT molecular complexity index is 3060. The van der Waals surface area contributed by atoms with Gasteiger partial charge in [0, 0.05) is 45.1 Å². The largest absolute Gasteiger partial charge is 0.457 e. The van der Waals surface area contributed by atoms with Gasteiger partial charge in [-0.3, -0.25) is 4.57 Å². The number of nitrogens with zero attached hydrogens (tertiary/aromatic N) is 2. The van der Waals surface area contributed by atoms with Gasteiger partial charge in [-0.25, -0.2) is 0 Å². The lowest BCUT2D eigenvalue weighted by Crippen LogP contribution is -2.13. The molecule has 0 bridgehead atoms. The summed E-state index contributed by atoms with van der Waals surface area (Å²) in [6.07, 6.45) is 1.72. The summed E-state index contributed by atoms with van der Waals surface area (Å²) in [5.74, 6) is 2.25. The van der Waals surface area contributed by atoms with Gasteiger partial charge in [0.1, 0.15) is 17.3 Å². The number of ether oxygens (including phenoxy) is 1. The van der Waals surface area contributed by atoms with E-state index in [0.29, 0.717) is 11.5 Å². The molecule has 0 unspecified atom stereocenters. The standard InChI is InChI=1S/C53H42N4O2/c1-53(2,3)45-34-50(56-52-44(45)30-31-58-52)57-48-27-13-10-22-42(48)43-29-28-39(33-49(43)57)59-38-21-14-20-37(32-38)54-46-25-11-12-26-47(46)55-51-40(35-16-6-4-7-17-35)23-15-24-41(51)36-18-8-5-9-19-36/h4-34,54-55H,1-3H3. The van der Waals surface area contributed by atoms with Crippen LogP contribution in [0.3, 0.4) is 0 Å². The molecule has 0 amide bonds. The van der Waals surface area contributed by atoms with Crippen molar-refractivity contribution >= 4 is 55.7 Å². The summed E-state index contributed by atoms with van der Waals surface area (Å²) in [6, 6.07) is 62.9. The van der Waals surface area contributed by atoms with Gasteiger partial charge in [0.2, 0.25) is 5.71 Å². The Morgan fingerprint density at radius 3 is 1.88 bits per heavy atom. The molecule has 59 heavy (non-hydrogen) atoms. The molecule has 0 fully saturated rings. The van der Waals surface area contributed by atoms with Gasteiger partial charge >= 0.3 is 0 Å². The number of furan rings is 1. The summed E-state index contributed by atoms with van der Waals surface area (Å²) in [7, 11) is 0. The number of para-hydroxylation sites is 4. The van der Waals surface area contributed by atoms with Crippen LogP contribution in [-0.4, -0.2) is 9.55 Å². The Kier molecular flexibility index (Phi) is 8.95. The van der Waals surface area contributed by atoms with Crippen LogP contribution in [0.15, 0.2) is 193 Å². The lowest BCUT2D eigenvalue weighted by molar-refractivity contribution is 0.483. The van der Waals surface area contributed by atoms with Crippen LogP contribution >= 0.6 is 0 Å². The first-order valence-corrected chi connectivity index (χ1v) is 19.9. The third-order valence-electron chi connectivity index (χ3n) is 10.9. The zero-order chi connectivity index (χ0) is 39.9. The van der Waals surface area contributed by atoms with E-state index >= 15 is 0 Å². The highest BCUT2D eigenvalue weighted by Crippen LogP contribution is 2.42. The molecule has 0 aliphatic heterocycles. The predicted molar refractivity (Wildman–Crippen MR) is 244 cm³/mol. The van der Waals surface area contributed by atoms with Crippen LogP contribution in [0, 0.1) is 0 Å². The fourth-order valence-electron chi connectivity index (χ4n) is 8.10. The molecule has 10 aromatic rings.